The molecule has 3 nitrogen and oxygen atoms in total. The van der Waals surface area contributed by atoms with Crippen molar-refractivity contribution < 1.29 is 4.89 Å². The molecular weight excluding hydrogens is 688 g/mol. The Bertz CT molecular complexity index is 2920. The van der Waals surface area contributed by atoms with Gasteiger partial charge < -0.3 is 0 Å². The average Bonchev–Trinajstić information content (AvgIpc) is 3.68. The molecule has 4 heteroatoms. The van der Waals surface area contributed by atoms with Crippen molar-refractivity contribution in [3.63, 3.8) is 0 Å². The molecule has 1 N–H and O–H groups in total. The van der Waals surface area contributed by atoms with Crippen LogP contribution in [0.15, 0.2) is 212 Å². The average molecular weight is 725 g/mol. The fraction of sp³-hybridized carbons (Fsp3) is 0. The van der Waals surface area contributed by atoms with Crippen molar-refractivity contribution in [3.8, 4) is 39.2 Å². The first-order valence-electron chi connectivity index (χ1n) is 18.7. The molecule has 1 aromatic heterocycles. The summed E-state index contributed by atoms with van der Waals surface area (Å²) in [4.78, 5) is 12.5. The molecule has 0 amide bonds. The number of rotatable bonds is 7. The van der Waals surface area contributed by atoms with E-state index >= 15 is 0 Å². The number of fused-ring (bicyclic) bond motifs is 4. The second-order valence-corrected chi connectivity index (χ2v) is 17.3. The summed E-state index contributed by atoms with van der Waals surface area (Å²) in [6.07, 6.45) is 0. The second kappa shape index (κ2) is 13.6. The summed E-state index contributed by atoms with van der Waals surface area (Å²) in [6.45, 7) is 0. The molecule has 0 unspecified atom stereocenters. The van der Waals surface area contributed by atoms with Gasteiger partial charge in [0.2, 0.25) is 0 Å². The zero-order valence-corrected chi connectivity index (χ0v) is 31.0. The molecule has 0 radical (unpaired) electrons. The maximum atomic E-state index is 12.5. The Morgan fingerprint density at radius 1 is 0.400 bits per heavy atom. The summed E-state index contributed by atoms with van der Waals surface area (Å²) < 4.78 is 2.13. The Labute approximate surface area is 320 Å². The number of benzene rings is 9. The Morgan fingerprint density at radius 2 is 0.945 bits per heavy atom. The number of hydrogen-bond acceptors (Lipinski definition) is 2. The van der Waals surface area contributed by atoms with Crippen molar-refractivity contribution in [2.24, 2.45) is 0 Å². The molecule has 0 aliphatic carbocycles. The van der Waals surface area contributed by atoms with E-state index in [2.05, 4.69) is 181 Å². The van der Waals surface area contributed by atoms with Gasteiger partial charge in [-0.05, 0) is 22.6 Å². The standard InChI is InChI=1S/C51H37N2OP/c54-55(44-20-9-3-10-21-44,45-22-11-4-12-23-45)46-32-29-40-33-39(25-26-41(40)34-46)36-27-30-43(31-28-36)53-51-47-24-14-13-19-42(47)35-48(37-15-5-1-6-16-37)49(51)50(52-53)38-17-7-2-8-18-38/h1-35,54-55H. The van der Waals surface area contributed by atoms with E-state index in [1.54, 1.807) is 0 Å². The minimum atomic E-state index is -3.20. The summed E-state index contributed by atoms with van der Waals surface area (Å²) in [5.74, 6) is 0. The van der Waals surface area contributed by atoms with E-state index in [-0.39, 0.29) is 0 Å². The third kappa shape index (κ3) is 5.73. The van der Waals surface area contributed by atoms with Crippen LogP contribution in [0.4, 0.5) is 0 Å². The van der Waals surface area contributed by atoms with E-state index in [1.165, 1.54) is 21.9 Å². The fourth-order valence-electron chi connectivity index (χ4n) is 8.12. The molecule has 0 fully saturated rings. The van der Waals surface area contributed by atoms with Crippen molar-refractivity contribution in [1.82, 2.24) is 9.78 Å². The van der Waals surface area contributed by atoms with Crippen LogP contribution in [0.5, 0.6) is 0 Å². The number of aromatic nitrogens is 2. The zero-order chi connectivity index (χ0) is 36.8. The predicted octanol–water partition coefficient (Wildman–Crippen LogP) is 11.3. The quantitative estimate of drug-likeness (QED) is 0.166. The molecule has 0 bridgehead atoms. The zero-order valence-electron chi connectivity index (χ0n) is 30.0. The molecule has 9 aromatic carbocycles. The van der Waals surface area contributed by atoms with Gasteiger partial charge in [-0.3, -0.25) is 0 Å². The van der Waals surface area contributed by atoms with Gasteiger partial charge >= 0.3 is 193 Å². The molecule has 0 aliphatic rings. The summed E-state index contributed by atoms with van der Waals surface area (Å²) in [7, 11) is -3.20. The van der Waals surface area contributed by atoms with E-state index < -0.39 is 7.49 Å². The third-order valence-corrected chi connectivity index (χ3v) is 14.4. The van der Waals surface area contributed by atoms with Crippen LogP contribution in [0.25, 0.3) is 71.6 Å². The van der Waals surface area contributed by atoms with Crippen LogP contribution >= 0.6 is 7.49 Å². The molecule has 55 heavy (non-hydrogen) atoms. The number of hydrogen-bond donors (Lipinski definition) is 1. The van der Waals surface area contributed by atoms with Crippen molar-refractivity contribution in [1.29, 1.82) is 0 Å². The van der Waals surface area contributed by atoms with Gasteiger partial charge in [0.15, 0.2) is 0 Å². The first-order valence-corrected chi connectivity index (χ1v) is 20.6. The number of nitrogens with zero attached hydrogens (tertiary/aromatic N) is 2. The monoisotopic (exact) mass is 724 g/mol. The molecular formula is C51H37N2OP. The van der Waals surface area contributed by atoms with Gasteiger partial charge in [-0.25, -0.2) is 0 Å². The first-order chi connectivity index (χ1) is 27.1. The molecule has 0 saturated carbocycles. The molecule has 0 spiro atoms. The second-order valence-electron chi connectivity index (χ2n) is 14.1. The van der Waals surface area contributed by atoms with Crippen LogP contribution in [-0.4, -0.2) is 14.7 Å². The van der Waals surface area contributed by atoms with Crippen LogP contribution in [0.2, 0.25) is 0 Å². The van der Waals surface area contributed by atoms with E-state index in [0.717, 1.165) is 65.7 Å². The van der Waals surface area contributed by atoms with Gasteiger partial charge in [-0.1, -0.05) is 84.9 Å². The van der Waals surface area contributed by atoms with Crippen LogP contribution in [0.1, 0.15) is 0 Å². The first kappa shape index (κ1) is 33.0. The third-order valence-electron chi connectivity index (χ3n) is 10.9. The molecule has 0 saturated heterocycles. The summed E-state index contributed by atoms with van der Waals surface area (Å²) in [5, 5.41) is 14.0. The van der Waals surface area contributed by atoms with E-state index in [4.69, 9.17) is 5.10 Å². The van der Waals surface area contributed by atoms with E-state index in [9.17, 15) is 4.89 Å². The molecule has 0 atom stereocenters. The van der Waals surface area contributed by atoms with Crippen LogP contribution < -0.4 is 15.9 Å². The SMILES string of the molecule is O[PH](c1ccccc1)(c1ccccc1)c1ccc2cc(-c3ccc(-n4nc(-c5ccccc5)c5c(-c6ccccc6)cc6ccccc6c54)cc3)ccc2c1. The summed E-state index contributed by atoms with van der Waals surface area (Å²) >= 11 is 0. The maximum absolute atomic E-state index is 12.5. The van der Waals surface area contributed by atoms with E-state index in [1.807, 2.05) is 36.4 Å². The Balaban J connectivity index is 1.07. The molecule has 10 aromatic rings. The summed E-state index contributed by atoms with van der Waals surface area (Å²) in [5.41, 5.74) is 8.75. The van der Waals surface area contributed by atoms with Gasteiger partial charge in [-0.15, -0.1) is 0 Å². The Morgan fingerprint density at radius 3 is 1.62 bits per heavy atom. The van der Waals surface area contributed by atoms with Crippen LogP contribution in [0.3, 0.4) is 0 Å². The van der Waals surface area contributed by atoms with Crippen molar-refractivity contribution in [2.75, 3.05) is 0 Å². The molecule has 1 heterocycles. The molecule has 0 aliphatic heterocycles. The van der Waals surface area contributed by atoms with Crippen molar-refractivity contribution >= 4 is 55.9 Å². The van der Waals surface area contributed by atoms with Crippen LogP contribution in [-0.2, 0) is 0 Å². The minimum absolute atomic E-state index is 0.965. The van der Waals surface area contributed by atoms with Crippen molar-refractivity contribution in [3.05, 3.63) is 212 Å². The molecule has 10 rings (SSSR count). The van der Waals surface area contributed by atoms with Crippen molar-refractivity contribution in [2.45, 2.75) is 0 Å². The topological polar surface area (TPSA) is 38.0 Å². The predicted molar refractivity (Wildman–Crippen MR) is 235 cm³/mol. The normalized spacial score (nSPS) is 12.0. The van der Waals surface area contributed by atoms with E-state index in [0.29, 0.717) is 0 Å². The van der Waals surface area contributed by atoms with Crippen LogP contribution in [0, 0.1) is 0 Å². The summed E-state index contributed by atoms with van der Waals surface area (Å²) in [6, 6.07) is 74.1. The Hall–Kier alpha value is -6.64. The van der Waals surface area contributed by atoms with Gasteiger partial charge in [0.1, 0.15) is 5.69 Å². The fourth-order valence-corrected chi connectivity index (χ4v) is 11.2. The molecule has 262 valence electrons. The van der Waals surface area contributed by atoms with Gasteiger partial charge in [0.25, 0.3) is 0 Å². The Kier molecular flexibility index (Phi) is 8.18. The van der Waals surface area contributed by atoms with Gasteiger partial charge in [-0.2, -0.15) is 0 Å². The van der Waals surface area contributed by atoms with Gasteiger partial charge in [0.05, 0.1) is 0 Å². The van der Waals surface area contributed by atoms with Gasteiger partial charge in [0, 0.05) is 16.3 Å².